The molecule has 3 aliphatic rings. The maximum atomic E-state index is 13.3. The Morgan fingerprint density at radius 1 is 1.00 bits per heavy atom. The standard InChI is InChI=1S/C32H37BrCl2N8O/c33-25-20-42(29-26(34)2-1-3-27(29)35)30(44)24-17-37-31(40-28(24)25)39-22-16-38-43(19-22)23-6-14-41(15-7-23)18-21-4-8-32(9-5-21)10-12-36-13-11-32/h1-3,16-17,19-21,23,36H,4-15,18H2,(H,37,39,40). The fourth-order valence-electron chi connectivity index (χ4n) is 7.42. The van der Waals surface area contributed by atoms with Crippen LogP contribution in [-0.2, 0) is 0 Å². The summed E-state index contributed by atoms with van der Waals surface area (Å²) in [5.74, 6) is 1.24. The molecule has 3 fully saturated rings. The van der Waals surface area contributed by atoms with Crippen LogP contribution in [0.1, 0.15) is 57.4 Å². The van der Waals surface area contributed by atoms with Gasteiger partial charge in [0.1, 0.15) is 0 Å². The van der Waals surface area contributed by atoms with Gasteiger partial charge in [-0.2, -0.15) is 5.10 Å². The quantitative estimate of drug-likeness (QED) is 0.224. The van der Waals surface area contributed by atoms with Crippen LogP contribution in [0.15, 0.2) is 52.3 Å². The van der Waals surface area contributed by atoms with Gasteiger partial charge in [-0.05, 0) is 104 Å². The van der Waals surface area contributed by atoms with E-state index in [1.807, 2.05) is 12.4 Å². The van der Waals surface area contributed by atoms with E-state index < -0.39 is 0 Å². The summed E-state index contributed by atoms with van der Waals surface area (Å²) in [7, 11) is 0. The molecule has 1 spiro atoms. The molecule has 0 radical (unpaired) electrons. The van der Waals surface area contributed by atoms with Gasteiger partial charge in [0.15, 0.2) is 0 Å². The van der Waals surface area contributed by atoms with Gasteiger partial charge < -0.3 is 15.5 Å². The molecule has 5 heterocycles. The second-order valence-corrected chi connectivity index (χ2v) is 14.4. The molecule has 9 nitrogen and oxygen atoms in total. The number of likely N-dealkylation sites (tertiary alicyclic amines) is 1. The number of hydrogen-bond donors (Lipinski definition) is 2. The Bertz CT molecular complexity index is 1680. The van der Waals surface area contributed by atoms with Crippen LogP contribution < -0.4 is 16.2 Å². The normalized spacial score (nSPS) is 20.0. The molecule has 2 saturated heterocycles. The number of nitrogens with one attached hydrogen (secondary N) is 2. The maximum Gasteiger partial charge on any atom is 0.266 e. The second-order valence-electron chi connectivity index (χ2n) is 12.7. The highest BCUT2D eigenvalue weighted by Crippen LogP contribution is 2.45. The van der Waals surface area contributed by atoms with Gasteiger partial charge in [0.2, 0.25) is 5.95 Å². The highest BCUT2D eigenvalue weighted by atomic mass is 79.9. The SMILES string of the molecule is O=c1c2cnc(Nc3cnn(C4CCN(CC5CCC6(CCNCC6)CC5)CC4)c3)nc2c(Br)cn1-c1c(Cl)cccc1Cl. The van der Waals surface area contributed by atoms with Gasteiger partial charge in [-0.15, -0.1) is 0 Å². The fourth-order valence-corrected chi connectivity index (χ4v) is 8.51. The van der Waals surface area contributed by atoms with E-state index in [2.05, 4.69) is 51.2 Å². The van der Waals surface area contributed by atoms with Crippen molar-refractivity contribution in [1.82, 2.24) is 34.5 Å². The molecule has 7 rings (SSSR count). The fraction of sp³-hybridized carbons (Fsp3) is 0.500. The summed E-state index contributed by atoms with van der Waals surface area (Å²) in [6.45, 7) is 5.91. The number of fused-ring (bicyclic) bond motifs is 1. The average Bonchev–Trinajstić information content (AvgIpc) is 3.50. The lowest BCUT2D eigenvalue weighted by Crippen LogP contribution is -2.42. The number of aromatic nitrogens is 5. The highest BCUT2D eigenvalue weighted by molar-refractivity contribution is 9.10. The smallest absolute Gasteiger partial charge is 0.266 e. The van der Waals surface area contributed by atoms with Crippen molar-refractivity contribution in [3.63, 3.8) is 0 Å². The van der Waals surface area contributed by atoms with E-state index in [0.717, 1.165) is 37.5 Å². The number of nitrogens with zero attached hydrogens (tertiary/aromatic N) is 6. The molecule has 232 valence electrons. The predicted octanol–water partition coefficient (Wildman–Crippen LogP) is 6.99. The lowest BCUT2D eigenvalue weighted by molar-refractivity contribution is 0.0781. The molecule has 0 unspecified atom stereocenters. The zero-order valence-corrected chi connectivity index (χ0v) is 27.7. The summed E-state index contributed by atoms with van der Waals surface area (Å²) in [6, 6.07) is 5.51. The summed E-state index contributed by atoms with van der Waals surface area (Å²) < 4.78 is 4.11. The van der Waals surface area contributed by atoms with E-state index in [0.29, 0.717) is 48.5 Å². The van der Waals surface area contributed by atoms with Crippen LogP contribution >= 0.6 is 39.1 Å². The van der Waals surface area contributed by atoms with E-state index >= 15 is 0 Å². The number of para-hydroxylation sites is 1. The Morgan fingerprint density at radius 2 is 1.73 bits per heavy atom. The molecule has 2 aliphatic heterocycles. The van der Waals surface area contributed by atoms with Crippen molar-refractivity contribution in [2.75, 3.05) is 38.0 Å². The molecule has 0 atom stereocenters. The van der Waals surface area contributed by atoms with E-state index in [9.17, 15) is 4.79 Å². The topological polar surface area (TPSA) is 92.9 Å². The van der Waals surface area contributed by atoms with E-state index in [1.165, 1.54) is 68.9 Å². The molecule has 1 aliphatic carbocycles. The Morgan fingerprint density at radius 3 is 2.45 bits per heavy atom. The number of anilines is 2. The molecule has 2 N–H and O–H groups in total. The zero-order chi connectivity index (χ0) is 30.3. The predicted molar refractivity (Wildman–Crippen MR) is 180 cm³/mol. The Kier molecular flexibility index (Phi) is 8.72. The van der Waals surface area contributed by atoms with Gasteiger partial charge in [0.05, 0.1) is 49.0 Å². The Hall–Kier alpha value is -2.50. The third-order valence-corrected chi connectivity index (χ3v) is 11.2. The molecule has 4 aromatic rings. The summed E-state index contributed by atoms with van der Waals surface area (Å²) in [5.41, 5.74) is 2.06. The number of halogens is 3. The third kappa shape index (κ3) is 6.16. The van der Waals surface area contributed by atoms with Crippen molar-refractivity contribution in [2.24, 2.45) is 11.3 Å². The average molecular weight is 701 g/mol. The highest BCUT2D eigenvalue weighted by Gasteiger charge is 2.36. The van der Waals surface area contributed by atoms with Crippen LogP contribution in [0, 0.1) is 11.3 Å². The van der Waals surface area contributed by atoms with Gasteiger partial charge >= 0.3 is 0 Å². The number of benzene rings is 1. The van der Waals surface area contributed by atoms with Gasteiger partial charge in [0, 0.05) is 38.2 Å². The molecular formula is C32H37BrCl2N8O. The molecule has 12 heteroatoms. The van der Waals surface area contributed by atoms with Crippen LogP contribution in [0.2, 0.25) is 10.0 Å². The largest absolute Gasteiger partial charge is 0.321 e. The minimum atomic E-state index is -0.307. The van der Waals surface area contributed by atoms with Crippen LogP contribution in [0.4, 0.5) is 11.6 Å². The van der Waals surface area contributed by atoms with Crippen molar-refractivity contribution < 1.29 is 0 Å². The number of hydrogen-bond acceptors (Lipinski definition) is 7. The van der Waals surface area contributed by atoms with Gasteiger partial charge in [-0.25, -0.2) is 9.97 Å². The van der Waals surface area contributed by atoms with Crippen LogP contribution in [-0.4, -0.2) is 61.9 Å². The molecule has 44 heavy (non-hydrogen) atoms. The molecule has 1 aromatic carbocycles. The first-order valence-electron chi connectivity index (χ1n) is 15.6. The van der Waals surface area contributed by atoms with Gasteiger partial charge in [-0.3, -0.25) is 14.0 Å². The van der Waals surface area contributed by atoms with Crippen molar-refractivity contribution >= 4 is 61.7 Å². The lowest BCUT2D eigenvalue weighted by Gasteiger charge is -2.44. The molecule has 1 saturated carbocycles. The molecular weight excluding hydrogens is 663 g/mol. The maximum absolute atomic E-state index is 13.3. The lowest BCUT2D eigenvalue weighted by atomic mass is 9.65. The van der Waals surface area contributed by atoms with Crippen molar-refractivity contribution in [3.8, 4) is 5.69 Å². The second kappa shape index (κ2) is 12.7. The van der Waals surface area contributed by atoms with E-state index in [4.69, 9.17) is 23.2 Å². The molecule has 0 bridgehead atoms. The van der Waals surface area contributed by atoms with Crippen LogP contribution in [0.5, 0.6) is 0 Å². The molecule has 3 aromatic heterocycles. The first kappa shape index (κ1) is 30.2. The zero-order valence-electron chi connectivity index (χ0n) is 24.6. The summed E-state index contributed by atoms with van der Waals surface area (Å²) in [5, 5.41) is 12.6. The van der Waals surface area contributed by atoms with E-state index in [-0.39, 0.29) is 5.56 Å². The van der Waals surface area contributed by atoms with Gasteiger partial charge in [0.25, 0.3) is 5.56 Å². The summed E-state index contributed by atoms with van der Waals surface area (Å²) in [4.78, 5) is 25.1. The Balaban J connectivity index is 0.968. The van der Waals surface area contributed by atoms with Crippen molar-refractivity contribution in [2.45, 2.75) is 57.4 Å². The first-order chi connectivity index (χ1) is 21.4. The minimum Gasteiger partial charge on any atom is -0.321 e. The third-order valence-electron chi connectivity index (χ3n) is 10.0. The molecule has 0 amide bonds. The monoisotopic (exact) mass is 698 g/mol. The van der Waals surface area contributed by atoms with E-state index in [1.54, 1.807) is 24.4 Å². The van der Waals surface area contributed by atoms with Crippen molar-refractivity contribution in [1.29, 1.82) is 0 Å². The van der Waals surface area contributed by atoms with Gasteiger partial charge in [-0.1, -0.05) is 29.3 Å². The minimum absolute atomic E-state index is 0.307. The van der Waals surface area contributed by atoms with Crippen LogP contribution in [0.25, 0.3) is 16.6 Å². The number of pyridine rings is 1. The number of rotatable bonds is 6. The van der Waals surface area contributed by atoms with Crippen molar-refractivity contribution in [3.05, 3.63) is 67.9 Å². The summed E-state index contributed by atoms with van der Waals surface area (Å²) >= 11 is 16.3. The first-order valence-corrected chi connectivity index (χ1v) is 17.2. The number of piperidine rings is 2. The summed E-state index contributed by atoms with van der Waals surface area (Å²) in [6.07, 6.45) is 17.6. The Labute approximate surface area is 275 Å². The van der Waals surface area contributed by atoms with Crippen LogP contribution in [0.3, 0.4) is 0 Å².